The maximum absolute atomic E-state index is 14.7. The lowest BCUT2D eigenvalue weighted by atomic mass is 9.84. The molecule has 3 aromatic carbocycles. The van der Waals surface area contributed by atoms with E-state index in [1.807, 2.05) is 81.4 Å². The third-order valence-electron chi connectivity index (χ3n) is 7.55. The van der Waals surface area contributed by atoms with E-state index in [-0.39, 0.29) is 35.3 Å². The Morgan fingerprint density at radius 1 is 0.949 bits per heavy atom. The molecule has 2 amide bonds. The fourth-order valence-electron chi connectivity index (χ4n) is 5.87. The van der Waals surface area contributed by atoms with Crippen molar-refractivity contribution in [2.75, 3.05) is 18.1 Å². The summed E-state index contributed by atoms with van der Waals surface area (Å²) in [6.45, 7) is 6.75. The SMILES string of the molecule is Cc1ccc2oc3c(c(=O)c2c1)C1(C(=O)N(Cc2ccccc2)c2ccccc21)N(CCCOC(C)C)C3=O. The molecule has 7 nitrogen and oxygen atoms in total. The van der Waals surface area contributed by atoms with Crippen LogP contribution in [-0.2, 0) is 21.6 Å². The number of anilines is 1. The summed E-state index contributed by atoms with van der Waals surface area (Å²) in [5.41, 5.74) is 1.59. The van der Waals surface area contributed by atoms with Gasteiger partial charge >= 0.3 is 0 Å². The van der Waals surface area contributed by atoms with Gasteiger partial charge in [-0.25, -0.2) is 0 Å². The maximum atomic E-state index is 14.7. The summed E-state index contributed by atoms with van der Waals surface area (Å²) >= 11 is 0. The van der Waals surface area contributed by atoms with Gasteiger partial charge in [-0.15, -0.1) is 0 Å². The van der Waals surface area contributed by atoms with Gasteiger partial charge in [0.1, 0.15) is 5.58 Å². The van der Waals surface area contributed by atoms with Crippen LogP contribution in [0.25, 0.3) is 11.0 Å². The third-order valence-corrected chi connectivity index (χ3v) is 7.55. The van der Waals surface area contributed by atoms with Crippen LogP contribution in [-0.4, -0.2) is 36.0 Å². The van der Waals surface area contributed by atoms with E-state index < -0.39 is 11.4 Å². The molecule has 0 N–H and O–H groups in total. The van der Waals surface area contributed by atoms with E-state index in [9.17, 15) is 14.4 Å². The molecule has 1 aromatic heterocycles. The maximum Gasteiger partial charge on any atom is 0.291 e. The van der Waals surface area contributed by atoms with Crippen molar-refractivity contribution in [2.24, 2.45) is 0 Å². The standard InChI is InChI=1S/C32H30N2O5/c1-20(2)38-17-9-16-34-30(36)29-27(28(35)23-18-21(3)14-15-26(23)39-29)32(34)24-12-7-8-13-25(24)33(31(32)37)19-22-10-5-4-6-11-22/h4-8,10-15,18,20H,9,16-17,19H2,1-3H3. The van der Waals surface area contributed by atoms with E-state index in [2.05, 4.69) is 0 Å². The molecule has 7 heteroatoms. The number of aryl methyl sites for hydroxylation is 1. The third kappa shape index (κ3) is 3.80. The number of para-hydroxylation sites is 1. The second-order valence-corrected chi connectivity index (χ2v) is 10.5. The van der Waals surface area contributed by atoms with E-state index in [1.165, 1.54) is 4.90 Å². The number of rotatable bonds is 7. The van der Waals surface area contributed by atoms with E-state index in [4.69, 9.17) is 9.15 Å². The lowest BCUT2D eigenvalue weighted by molar-refractivity contribution is -0.126. The quantitative estimate of drug-likeness (QED) is 0.313. The van der Waals surface area contributed by atoms with Gasteiger partial charge in [-0.2, -0.15) is 0 Å². The van der Waals surface area contributed by atoms with Crippen LogP contribution in [0.1, 0.15) is 53.1 Å². The molecule has 0 bridgehead atoms. The minimum Gasteiger partial charge on any atom is -0.450 e. The van der Waals surface area contributed by atoms with Gasteiger partial charge in [0, 0.05) is 18.7 Å². The molecule has 2 aliphatic heterocycles. The smallest absolute Gasteiger partial charge is 0.291 e. The number of fused-ring (bicyclic) bond motifs is 5. The summed E-state index contributed by atoms with van der Waals surface area (Å²) in [6.07, 6.45) is 0.540. The van der Waals surface area contributed by atoms with Crippen molar-refractivity contribution in [1.29, 1.82) is 0 Å². The molecule has 3 heterocycles. The monoisotopic (exact) mass is 522 g/mol. The van der Waals surface area contributed by atoms with Crippen molar-refractivity contribution in [1.82, 2.24) is 4.90 Å². The highest BCUT2D eigenvalue weighted by molar-refractivity contribution is 6.17. The zero-order valence-corrected chi connectivity index (χ0v) is 22.3. The first-order valence-corrected chi connectivity index (χ1v) is 13.3. The van der Waals surface area contributed by atoms with Crippen LogP contribution < -0.4 is 10.3 Å². The van der Waals surface area contributed by atoms with E-state index >= 15 is 0 Å². The van der Waals surface area contributed by atoms with E-state index in [0.717, 1.165) is 11.1 Å². The molecule has 39 heavy (non-hydrogen) atoms. The lowest BCUT2D eigenvalue weighted by Gasteiger charge is -2.34. The van der Waals surface area contributed by atoms with Crippen LogP contribution in [0.5, 0.6) is 0 Å². The molecule has 198 valence electrons. The number of carbonyl (C=O) groups excluding carboxylic acids is 2. The molecular formula is C32H30N2O5. The summed E-state index contributed by atoms with van der Waals surface area (Å²) in [5, 5.41) is 0.359. The predicted molar refractivity (Wildman–Crippen MR) is 149 cm³/mol. The van der Waals surface area contributed by atoms with Crippen molar-refractivity contribution >= 4 is 28.5 Å². The Balaban J connectivity index is 1.58. The van der Waals surface area contributed by atoms with Gasteiger partial charge in [0.15, 0.2) is 11.0 Å². The minimum absolute atomic E-state index is 0.0393. The Bertz CT molecular complexity index is 1660. The second kappa shape index (κ2) is 9.50. The van der Waals surface area contributed by atoms with Crippen molar-refractivity contribution in [3.8, 4) is 0 Å². The average molecular weight is 523 g/mol. The largest absolute Gasteiger partial charge is 0.450 e. The van der Waals surface area contributed by atoms with Crippen LogP contribution in [0, 0.1) is 6.92 Å². The second-order valence-electron chi connectivity index (χ2n) is 10.5. The first kappa shape index (κ1) is 25.1. The molecule has 0 radical (unpaired) electrons. The highest BCUT2D eigenvalue weighted by Crippen LogP contribution is 2.52. The van der Waals surface area contributed by atoms with Crippen molar-refractivity contribution in [3.05, 3.63) is 111 Å². The Labute approximate surface area is 226 Å². The molecule has 4 aromatic rings. The highest BCUT2D eigenvalue weighted by atomic mass is 16.5. The Kier molecular flexibility index (Phi) is 6.11. The molecule has 6 rings (SSSR count). The Morgan fingerprint density at radius 3 is 2.46 bits per heavy atom. The van der Waals surface area contributed by atoms with Gasteiger partial charge < -0.3 is 19.0 Å². The molecule has 1 atom stereocenters. The van der Waals surface area contributed by atoms with Crippen molar-refractivity contribution in [2.45, 2.75) is 45.4 Å². The molecular weight excluding hydrogens is 492 g/mol. The van der Waals surface area contributed by atoms with Crippen LogP contribution in [0.3, 0.4) is 0 Å². The Morgan fingerprint density at radius 2 is 1.69 bits per heavy atom. The van der Waals surface area contributed by atoms with Gasteiger partial charge in [0.2, 0.25) is 5.76 Å². The summed E-state index contributed by atoms with van der Waals surface area (Å²) in [7, 11) is 0. The number of ether oxygens (including phenoxy) is 1. The molecule has 0 fully saturated rings. The summed E-state index contributed by atoms with van der Waals surface area (Å²) < 4.78 is 11.9. The summed E-state index contributed by atoms with van der Waals surface area (Å²) in [6, 6.07) is 22.4. The molecule has 1 unspecified atom stereocenters. The summed E-state index contributed by atoms with van der Waals surface area (Å²) in [4.78, 5) is 46.2. The zero-order valence-electron chi connectivity index (χ0n) is 22.3. The predicted octanol–water partition coefficient (Wildman–Crippen LogP) is 5.16. The van der Waals surface area contributed by atoms with Crippen molar-refractivity contribution < 1.29 is 18.7 Å². The summed E-state index contributed by atoms with van der Waals surface area (Å²) in [5.74, 6) is -0.853. The van der Waals surface area contributed by atoms with Gasteiger partial charge in [-0.1, -0.05) is 60.2 Å². The molecule has 0 saturated carbocycles. The first-order chi connectivity index (χ1) is 18.8. The van der Waals surface area contributed by atoms with Crippen LogP contribution in [0.4, 0.5) is 5.69 Å². The number of carbonyl (C=O) groups is 2. The number of hydrogen-bond donors (Lipinski definition) is 0. The topological polar surface area (TPSA) is 80.1 Å². The van der Waals surface area contributed by atoms with Crippen LogP contribution >= 0.6 is 0 Å². The zero-order chi connectivity index (χ0) is 27.3. The number of hydrogen-bond acceptors (Lipinski definition) is 5. The van der Waals surface area contributed by atoms with Gasteiger partial charge in [-0.05, 0) is 51.0 Å². The molecule has 2 aliphatic rings. The van der Waals surface area contributed by atoms with Crippen LogP contribution in [0.2, 0.25) is 0 Å². The first-order valence-electron chi connectivity index (χ1n) is 13.3. The van der Waals surface area contributed by atoms with Crippen LogP contribution in [0.15, 0.2) is 82.0 Å². The molecule has 0 aliphatic carbocycles. The Hall–Kier alpha value is -4.23. The van der Waals surface area contributed by atoms with Gasteiger partial charge in [0.05, 0.1) is 29.3 Å². The normalized spacial score (nSPS) is 18.1. The van der Waals surface area contributed by atoms with Gasteiger partial charge in [-0.3, -0.25) is 14.4 Å². The number of amides is 2. The average Bonchev–Trinajstić information content (AvgIpc) is 3.32. The number of benzene rings is 3. The number of nitrogens with zero attached hydrogens (tertiary/aromatic N) is 2. The fourth-order valence-corrected chi connectivity index (χ4v) is 5.87. The fraction of sp³-hybridized carbons (Fsp3) is 0.281. The van der Waals surface area contributed by atoms with Crippen molar-refractivity contribution in [3.63, 3.8) is 0 Å². The molecule has 0 saturated heterocycles. The highest BCUT2D eigenvalue weighted by Gasteiger charge is 2.64. The molecule has 1 spiro atoms. The van der Waals surface area contributed by atoms with E-state index in [1.54, 1.807) is 17.0 Å². The lowest BCUT2D eigenvalue weighted by Crippen LogP contribution is -2.53. The van der Waals surface area contributed by atoms with E-state index in [0.29, 0.717) is 41.8 Å². The minimum atomic E-state index is -1.62. The van der Waals surface area contributed by atoms with Gasteiger partial charge in [0.25, 0.3) is 11.8 Å².